The van der Waals surface area contributed by atoms with E-state index < -0.39 is 5.97 Å². The van der Waals surface area contributed by atoms with E-state index in [1.165, 1.54) is 12.5 Å². The number of rotatable bonds is 6. The number of hydrogen-bond acceptors (Lipinski definition) is 3. The highest BCUT2D eigenvalue weighted by Crippen LogP contribution is 2.77. The minimum atomic E-state index is -0.902. The molecule has 0 radical (unpaired) electrons. The minimum absolute atomic E-state index is 0.0609. The van der Waals surface area contributed by atoms with Gasteiger partial charge >= 0.3 is 5.97 Å². The van der Waals surface area contributed by atoms with E-state index in [0.29, 0.717) is 30.6 Å². The molecule has 130 valence electrons. The minimum Gasteiger partial charge on any atom is -0.478 e. The summed E-state index contributed by atoms with van der Waals surface area (Å²) in [5.41, 5.74) is -0.336. The van der Waals surface area contributed by atoms with E-state index in [2.05, 4.69) is 13.8 Å². The number of aliphatic hydroxyl groups is 2. The maximum Gasteiger partial charge on any atom is 0.327 e. The summed E-state index contributed by atoms with van der Waals surface area (Å²) >= 11 is 0. The predicted molar refractivity (Wildman–Crippen MR) is 87.8 cm³/mol. The van der Waals surface area contributed by atoms with Crippen molar-refractivity contribution in [2.45, 2.75) is 52.4 Å². The zero-order valence-electron chi connectivity index (χ0n) is 14.3. The predicted octanol–water partition coefficient (Wildman–Crippen LogP) is 2.84. The van der Waals surface area contributed by atoms with Crippen LogP contribution in [-0.2, 0) is 4.79 Å². The number of aliphatic hydroxyl groups excluding tert-OH is 2. The van der Waals surface area contributed by atoms with Gasteiger partial charge in [0.1, 0.15) is 0 Å². The van der Waals surface area contributed by atoms with Gasteiger partial charge in [-0.3, -0.25) is 0 Å². The molecule has 23 heavy (non-hydrogen) atoms. The highest BCUT2D eigenvalue weighted by Gasteiger charge is 2.70. The van der Waals surface area contributed by atoms with Gasteiger partial charge in [-0.05, 0) is 72.5 Å². The topological polar surface area (TPSA) is 77.8 Å². The molecule has 5 unspecified atom stereocenters. The van der Waals surface area contributed by atoms with E-state index in [1.54, 1.807) is 0 Å². The molecule has 4 aliphatic carbocycles. The molecule has 0 aromatic heterocycles. The van der Waals surface area contributed by atoms with Crippen LogP contribution in [0.4, 0.5) is 0 Å². The monoisotopic (exact) mass is 322 g/mol. The van der Waals surface area contributed by atoms with Crippen molar-refractivity contribution in [2.75, 3.05) is 13.2 Å². The first kappa shape index (κ1) is 17.0. The van der Waals surface area contributed by atoms with Crippen LogP contribution in [0.25, 0.3) is 0 Å². The van der Waals surface area contributed by atoms with Gasteiger partial charge < -0.3 is 15.3 Å². The van der Waals surface area contributed by atoms with Crippen LogP contribution in [-0.4, -0.2) is 34.5 Å². The van der Waals surface area contributed by atoms with E-state index in [-0.39, 0.29) is 29.5 Å². The second-order valence-electron chi connectivity index (χ2n) is 8.54. The molecular formula is C19H30O4. The largest absolute Gasteiger partial charge is 0.478 e. The maximum absolute atomic E-state index is 11.2. The Morgan fingerprint density at radius 3 is 2.39 bits per heavy atom. The summed E-state index contributed by atoms with van der Waals surface area (Å²) in [4.78, 5) is 11.2. The van der Waals surface area contributed by atoms with Crippen LogP contribution in [0.1, 0.15) is 52.4 Å². The number of carbonyl (C=O) groups is 1. The molecule has 3 N–H and O–H groups in total. The summed E-state index contributed by atoms with van der Waals surface area (Å²) in [6, 6.07) is 0. The van der Waals surface area contributed by atoms with Gasteiger partial charge in [-0.2, -0.15) is 0 Å². The lowest BCUT2D eigenvalue weighted by molar-refractivity contribution is -0.248. The van der Waals surface area contributed by atoms with Crippen LogP contribution in [0.2, 0.25) is 0 Å². The third-order valence-corrected chi connectivity index (χ3v) is 8.01. The van der Waals surface area contributed by atoms with Crippen molar-refractivity contribution in [2.24, 2.45) is 34.0 Å². The molecule has 4 heteroatoms. The van der Waals surface area contributed by atoms with Gasteiger partial charge in [0.15, 0.2) is 0 Å². The quantitative estimate of drug-likeness (QED) is 0.657. The fourth-order valence-electron chi connectivity index (χ4n) is 7.20. The molecule has 5 atom stereocenters. The van der Waals surface area contributed by atoms with Crippen molar-refractivity contribution >= 4 is 5.97 Å². The fourth-order valence-corrected chi connectivity index (χ4v) is 7.20. The van der Waals surface area contributed by atoms with Crippen molar-refractivity contribution in [3.05, 3.63) is 12.2 Å². The molecular weight excluding hydrogens is 292 g/mol. The summed E-state index contributed by atoms with van der Waals surface area (Å²) in [6.45, 7) is 4.87. The number of aliphatic carboxylic acids is 1. The highest BCUT2D eigenvalue weighted by atomic mass is 16.4. The second-order valence-corrected chi connectivity index (χ2v) is 8.54. The summed E-state index contributed by atoms with van der Waals surface area (Å²) in [5, 5.41) is 28.8. The number of carboxylic acid groups (broad SMARTS) is 1. The fraction of sp³-hybridized carbons (Fsp3) is 0.842. The van der Waals surface area contributed by atoms with Crippen molar-refractivity contribution < 1.29 is 20.1 Å². The zero-order valence-corrected chi connectivity index (χ0v) is 14.3. The van der Waals surface area contributed by atoms with Crippen molar-refractivity contribution in [1.82, 2.24) is 0 Å². The Bertz CT molecular complexity index is 507. The summed E-state index contributed by atoms with van der Waals surface area (Å²) in [7, 11) is 0. The Hall–Kier alpha value is -0.870. The SMILES string of the molecule is CC1C2CC3CC(C=CC(=O)O)(C2)C(CCO)(CCO)C1(C)C3. The summed E-state index contributed by atoms with van der Waals surface area (Å²) < 4.78 is 0. The second kappa shape index (κ2) is 5.59. The van der Waals surface area contributed by atoms with E-state index in [9.17, 15) is 20.1 Å². The van der Waals surface area contributed by atoms with Crippen LogP contribution >= 0.6 is 0 Å². The van der Waals surface area contributed by atoms with Crippen LogP contribution in [0, 0.1) is 34.0 Å². The van der Waals surface area contributed by atoms with E-state index in [0.717, 1.165) is 19.3 Å². The van der Waals surface area contributed by atoms with E-state index in [1.807, 2.05) is 6.08 Å². The van der Waals surface area contributed by atoms with Gasteiger partial charge in [0.2, 0.25) is 0 Å². The van der Waals surface area contributed by atoms with Crippen molar-refractivity contribution in [1.29, 1.82) is 0 Å². The normalized spacial score (nSPS) is 44.1. The molecule has 4 fully saturated rings. The standard InChI is InChI=1S/C19H30O4/c1-13-15-9-14-10-17(13,2)19(5-7-20,6-8-21)18(11-14,12-15)4-3-16(22)23/h3-4,13-15,20-21H,5-12H2,1-2H3,(H,22,23). The highest BCUT2D eigenvalue weighted by molar-refractivity contribution is 5.79. The molecule has 4 nitrogen and oxygen atoms in total. The Morgan fingerprint density at radius 1 is 1.17 bits per heavy atom. The zero-order chi connectivity index (χ0) is 16.9. The average Bonchev–Trinajstić information content (AvgIpc) is 2.49. The van der Waals surface area contributed by atoms with Crippen LogP contribution in [0.3, 0.4) is 0 Å². The van der Waals surface area contributed by atoms with Gasteiger partial charge in [0.05, 0.1) is 0 Å². The number of allylic oxidation sites excluding steroid dienone is 1. The molecule has 0 aliphatic heterocycles. The van der Waals surface area contributed by atoms with Crippen LogP contribution in [0.15, 0.2) is 12.2 Å². The van der Waals surface area contributed by atoms with Gasteiger partial charge in [-0.1, -0.05) is 19.9 Å². The third-order valence-electron chi connectivity index (χ3n) is 8.01. The Balaban J connectivity index is 2.15. The number of hydrogen-bond donors (Lipinski definition) is 3. The van der Waals surface area contributed by atoms with Crippen molar-refractivity contribution in [3.8, 4) is 0 Å². The summed E-state index contributed by atoms with van der Waals surface area (Å²) in [5.74, 6) is 0.944. The molecule has 0 heterocycles. The molecule has 0 spiro atoms. The third kappa shape index (κ3) is 2.14. The molecule has 4 aliphatic rings. The lowest BCUT2D eigenvalue weighted by Gasteiger charge is -2.74. The number of carboxylic acids is 1. The molecule has 0 amide bonds. The van der Waals surface area contributed by atoms with Crippen molar-refractivity contribution in [3.63, 3.8) is 0 Å². The van der Waals surface area contributed by atoms with E-state index >= 15 is 0 Å². The molecule has 4 rings (SSSR count). The lowest BCUT2D eigenvalue weighted by atomic mass is 9.30. The van der Waals surface area contributed by atoms with Gasteiger partial charge in [0.25, 0.3) is 0 Å². The Kier molecular flexibility index (Phi) is 4.13. The van der Waals surface area contributed by atoms with Gasteiger partial charge in [-0.15, -0.1) is 0 Å². The molecule has 4 bridgehead atoms. The van der Waals surface area contributed by atoms with Crippen LogP contribution in [0.5, 0.6) is 0 Å². The lowest BCUT2D eigenvalue weighted by Crippen LogP contribution is -2.67. The Labute approximate surface area is 138 Å². The molecule has 4 saturated carbocycles. The first-order valence-electron chi connectivity index (χ1n) is 8.98. The van der Waals surface area contributed by atoms with Gasteiger partial charge in [-0.25, -0.2) is 4.79 Å². The smallest absolute Gasteiger partial charge is 0.327 e. The maximum atomic E-state index is 11.2. The Morgan fingerprint density at radius 2 is 1.83 bits per heavy atom. The first-order chi connectivity index (χ1) is 10.8. The average molecular weight is 322 g/mol. The van der Waals surface area contributed by atoms with E-state index in [4.69, 9.17) is 0 Å². The molecule has 0 saturated heterocycles. The van der Waals surface area contributed by atoms with Gasteiger partial charge in [0, 0.05) is 19.3 Å². The summed E-state index contributed by atoms with van der Waals surface area (Å²) in [6.07, 6.45) is 8.96. The molecule has 0 aromatic carbocycles. The first-order valence-corrected chi connectivity index (χ1v) is 8.98. The van der Waals surface area contributed by atoms with Crippen LogP contribution < -0.4 is 0 Å². The molecule has 0 aromatic rings.